The summed E-state index contributed by atoms with van der Waals surface area (Å²) in [7, 11) is 0. The maximum Gasteiger partial charge on any atom is 0.251 e. The lowest BCUT2D eigenvalue weighted by atomic mass is 10.1. The van der Waals surface area contributed by atoms with Crippen LogP contribution in [0.3, 0.4) is 0 Å². The fourth-order valence-corrected chi connectivity index (χ4v) is 2.56. The van der Waals surface area contributed by atoms with Gasteiger partial charge in [-0.1, -0.05) is 25.7 Å². The maximum atomic E-state index is 12.2. The van der Waals surface area contributed by atoms with Crippen LogP contribution < -0.4 is 5.32 Å². The molecule has 1 amide bonds. The van der Waals surface area contributed by atoms with Gasteiger partial charge in [0, 0.05) is 36.5 Å². The topological polar surface area (TPSA) is 62.2 Å². The molecule has 1 aliphatic rings. The Hall–Kier alpha value is -1.42. The molecule has 0 unspecified atom stereocenters. The predicted molar refractivity (Wildman–Crippen MR) is 74.0 cm³/mol. The Bertz CT molecular complexity index is 412. The molecule has 0 spiro atoms. The Morgan fingerprint density at radius 2 is 2.05 bits per heavy atom. The van der Waals surface area contributed by atoms with E-state index in [0.717, 1.165) is 18.5 Å². The van der Waals surface area contributed by atoms with Gasteiger partial charge in [-0.2, -0.15) is 0 Å². The lowest BCUT2D eigenvalue weighted by molar-refractivity contribution is 0.0933. The monoisotopic (exact) mass is 262 g/mol. The number of hydrogen-bond acceptors (Lipinski definition) is 3. The van der Waals surface area contributed by atoms with Crippen molar-refractivity contribution in [3.63, 3.8) is 0 Å². The molecule has 4 heteroatoms. The summed E-state index contributed by atoms with van der Waals surface area (Å²) in [5.41, 5.74) is 1.40. The zero-order valence-electron chi connectivity index (χ0n) is 11.3. The van der Waals surface area contributed by atoms with Crippen molar-refractivity contribution in [3.8, 4) is 0 Å². The highest BCUT2D eigenvalue weighted by atomic mass is 16.3. The molecule has 1 saturated carbocycles. The van der Waals surface area contributed by atoms with E-state index in [9.17, 15) is 4.79 Å². The molecule has 1 heterocycles. The van der Waals surface area contributed by atoms with Crippen molar-refractivity contribution in [3.05, 3.63) is 29.6 Å². The van der Waals surface area contributed by atoms with E-state index in [4.69, 9.17) is 5.11 Å². The number of hydrogen-bond donors (Lipinski definition) is 2. The molecule has 0 aliphatic heterocycles. The average Bonchev–Trinajstić information content (AvgIpc) is 2.68. The minimum absolute atomic E-state index is 0.0199. The highest BCUT2D eigenvalue weighted by molar-refractivity contribution is 5.94. The van der Waals surface area contributed by atoms with E-state index < -0.39 is 0 Å². The van der Waals surface area contributed by atoms with Crippen LogP contribution in [0.2, 0.25) is 0 Å². The van der Waals surface area contributed by atoms with Gasteiger partial charge >= 0.3 is 0 Å². The molecule has 1 aliphatic carbocycles. The normalized spacial score (nSPS) is 16.9. The number of aliphatic hydroxyl groups is 1. The number of nitrogens with zero attached hydrogens (tertiary/aromatic N) is 1. The third kappa shape index (κ3) is 4.31. The van der Waals surface area contributed by atoms with E-state index in [-0.39, 0.29) is 12.5 Å². The largest absolute Gasteiger partial charge is 0.396 e. The van der Waals surface area contributed by atoms with Crippen molar-refractivity contribution >= 4 is 5.91 Å². The third-order valence-electron chi connectivity index (χ3n) is 3.64. The van der Waals surface area contributed by atoms with Crippen molar-refractivity contribution in [1.29, 1.82) is 0 Å². The number of amides is 1. The molecule has 19 heavy (non-hydrogen) atoms. The van der Waals surface area contributed by atoms with Crippen LogP contribution in [-0.2, 0) is 6.42 Å². The van der Waals surface area contributed by atoms with Crippen molar-refractivity contribution < 1.29 is 9.90 Å². The third-order valence-corrected chi connectivity index (χ3v) is 3.64. The Morgan fingerprint density at radius 1 is 1.32 bits per heavy atom. The molecule has 0 saturated heterocycles. The molecule has 4 nitrogen and oxygen atoms in total. The van der Waals surface area contributed by atoms with Gasteiger partial charge in [0.2, 0.25) is 0 Å². The number of carbonyl (C=O) groups is 1. The molecule has 0 bridgehead atoms. The first kappa shape index (κ1) is 14.0. The highest BCUT2D eigenvalue weighted by Gasteiger charge is 2.15. The number of aliphatic hydroxyl groups excluding tert-OH is 1. The highest BCUT2D eigenvalue weighted by Crippen LogP contribution is 2.17. The molecule has 0 aromatic carbocycles. The van der Waals surface area contributed by atoms with E-state index in [1.165, 1.54) is 25.7 Å². The van der Waals surface area contributed by atoms with Crippen LogP contribution in [0.4, 0.5) is 0 Å². The number of aromatic nitrogens is 1. The lowest BCUT2D eigenvalue weighted by Gasteiger charge is -2.16. The van der Waals surface area contributed by atoms with Crippen molar-refractivity contribution in [2.24, 2.45) is 0 Å². The summed E-state index contributed by atoms with van der Waals surface area (Å²) in [6.07, 6.45) is 9.26. The fourth-order valence-electron chi connectivity index (χ4n) is 2.56. The van der Waals surface area contributed by atoms with Gasteiger partial charge in [-0.05, 0) is 25.0 Å². The first-order valence-corrected chi connectivity index (χ1v) is 7.16. The van der Waals surface area contributed by atoms with E-state index in [0.29, 0.717) is 18.0 Å². The SMILES string of the molecule is O=C(NC1CCCCCC1)c1ccnc(CCO)c1. The second-order valence-corrected chi connectivity index (χ2v) is 5.17. The van der Waals surface area contributed by atoms with Crippen LogP contribution in [0.5, 0.6) is 0 Å². The smallest absolute Gasteiger partial charge is 0.251 e. The number of nitrogens with one attached hydrogen (secondary N) is 1. The first-order chi connectivity index (χ1) is 9.29. The van der Waals surface area contributed by atoms with Crippen LogP contribution >= 0.6 is 0 Å². The van der Waals surface area contributed by atoms with E-state index in [2.05, 4.69) is 10.3 Å². The summed E-state index contributed by atoms with van der Waals surface area (Å²) in [4.78, 5) is 16.3. The second kappa shape index (κ2) is 7.24. The van der Waals surface area contributed by atoms with Crippen LogP contribution in [-0.4, -0.2) is 28.6 Å². The molecule has 104 valence electrons. The average molecular weight is 262 g/mol. The van der Waals surface area contributed by atoms with E-state index in [1.807, 2.05) is 0 Å². The van der Waals surface area contributed by atoms with E-state index in [1.54, 1.807) is 18.3 Å². The lowest BCUT2D eigenvalue weighted by Crippen LogP contribution is -2.34. The quantitative estimate of drug-likeness (QED) is 0.817. The zero-order chi connectivity index (χ0) is 13.5. The Balaban J connectivity index is 1.96. The van der Waals surface area contributed by atoms with Gasteiger partial charge < -0.3 is 10.4 Å². The summed E-state index contributed by atoms with van der Waals surface area (Å²) >= 11 is 0. The first-order valence-electron chi connectivity index (χ1n) is 7.16. The van der Waals surface area contributed by atoms with Gasteiger partial charge in [0.1, 0.15) is 0 Å². The van der Waals surface area contributed by atoms with Crippen LogP contribution in [0.15, 0.2) is 18.3 Å². The summed E-state index contributed by atoms with van der Waals surface area (Å²) in [5.74, 6) is -0.0199. The van der Waals surface area contributed by atoms with Gasteiger partial charge in [0.15, 0.2) is 0 Å². The van der Waals surface area contributed by atoms with Crippen LogP contribution in [0.25, 0.3) is 0 Å². The van der Waals surface area contributed by atoms with Crippen molar-refractivity contribution in [2.75, 3.05) is 6.61 Å². The second-order valence-electron chi connectivity index (χ2n) is 5.17. The van der Waals surface area contributed by atoms with Gasteiger partial charge in [0.05, 0.1) is 0 Å². The minimum Gasteiger partial charge on any atom is -0.396 e. The Labute approximate surface area is 114 Å². The number of rotatable bonds is 4. The summed E-state index contributed by atoms with van der Waals surface area (Å²) in [5, 5.41) is 12.0. The fraction of sp³-hybridized carbons (Fsp3) is 0.600. The van der Waals surface area contributed by atoms with Crippen molar-refractivity contribution in [2.45, 2.75) is 51.0 Å². The molecular weight excluding hydrogens is 240 g/mol. The van der Waals surface area contributed by atoms with Gasteiger partial charge in [-0.15, -0.1) is 0 Å². The molecule has 2 rings (SSSR count). The Kier molecular flexibility index (Phi) is 5.33. The standard InChI is InChI=1S/C15H22N2O2/c18-10-8-14-11-12(7-9-16-14)15(19)17-13-5-3-1-2-4-6-13/h7,9,11,13,18H,1-6,8,10H2,(H,17,19). The molecule has 0 radical (unpaired) electrons. The van der Waals surface area contributed by atoms with Gasteiger partial charge in [0.25, 0.3) is 5.91 Å². The zero-order valence-corrected chi connectivity index (χ0v) is 11.3. The molecule has 1 aromatic heterocycles. The van der Waals surface area contributed by atoms with Gasteiger partial charge in [-0.3, -0.25) is 9.78 Å². The van der Waals surface area contributed by atoms with Crippen LogP contribution in [0.1, 0.15) is 54.6 Å². The summed E-state index contributed by atoms with van der Waals surface area (Å²) in [6.45, 7) is 0.0562. The predicted octanol–water partition coefficient (Wildman–Crippen LogP) is 2.07. The summed E-state index contributed by atoms with van der Waals surface area (Å²) < 4.78 is 0. The van der Waals surface area contributed by atoms with Gasteiger partial charge in [-0.25, -0.2) is 0 Å². The maximum absolute atomic E-state index is 12.2. The molecule has 0 atom stereocenters. The van der Waals surface area contributed by atoms with Crippen molar-refractivity contribution in [1.82, 2.24) is 10.3 Å². The molecule has 1 fully saturated rings. The Morgan fingerprint density at radius 3 is 2.74 bits per heavy atom. The summed E-state index contributed by atoms with van der Waals surface area (Å²) in [6, 6.07) is 3.80. The number of pyridine rings is 1. The minimum atomic E-state index is -0.0199. The number of carbonyl (C=O) groups excluding carboxylic acids is 1. The van der Waals surface area contributed by atoms with E-state index >= 15 is 0 Å². The molecule has 2 N–H and O–H groups in total. The molecular formula is C15H22N2O2. The molecule has 1 aromatic rings. The van der Waals surface area contributed by atoms with Crippen LogP contribution in [0, 0.1) is 0 Å².